The van der Waals surface area contributed by atoms with Crippen LogP contribution in [0.3, 0.4) is 0 Å². The number of nitrogens with zero attached hydrogens (tertiary/aromatic N) is 3. The molecule has 0 radical (unpaired) electrons. The van der Waals surface area contributed by atoms with Crippen LogP contribution in [0.5, 0.6) is 5.75 Å². The van der Waals surface area contributed by atoms with Gasteiger partial charge in [-0.25, -0.2) is 0 Å². The maximum Gasteiger partial charge on any atom is 0.253 e. The van der Waals surface area contributed by atoms with Gasteiger partial charge in [0.15, 0.2) is 0 Å². The molecule has 1 unspecified atom stereocenters. The Bertz CT molecular complexity index is 968. The number of ether oxygens (including phenoxy) is 1. The Morgan fingerprint density at radius 1 is 1.16 bits per heavy atom. The number of carbonyl (C=O) groups excluding carboxylic acids is 1. The van der Waals surface area contributed by atoms with E-state index >= 15 is 0 Å². The highest BCUT2D eigenvalue weighted by Gasteiger charge is 2.29. The summed E-state index contributed by atoms with van der Waals surface area (Å²) in [6.45, 7) is 2.35. The Morgan fingerprint density at radius 2 is 2.08 bits per heavy atom. The van der Waals surface area contributed by atoms with Crippen molar-refractivity contribution in [3.63, 3.8) is 0 Å². The van der Waals surface area contributed by atoms with Gasteiger partial charge in [0.05, 0.1) is 18.3 Å². The predicted molar refractivity (Wildman–Crippen MR) is 96.3 cm³/mol. The molecule has 5 nitrogen and oxygen atoms in total. The van der Waals surface area contributed by atoms with Gasteiger partial charge < -0.3 is 9.64 Å². The number of fused-ring (bicyclic) bond motifs is 2. The Hall–Kier alpha value is -2.47. The summed E-state index contributed by atoms with van der Waals surface area (Å²) < 4.78 is 14.0. The van der Waals surface area contributed by atoms with E-state index in [2.05, 4.69) is 26.9 Å². The summed E-state index contributed by atoms with van der Waals surface area (Å²) in [5, 5.41) is 0. The highest BCUT2D eigenvalue weighted by atomic mass is 32.1. The van der Waals surface area contributed by atoms with E-state index in [4.69, 9.17) is 4.74 Å². The SMILES string of the molecule is O=C(c1ccc2nsnc2c1)N1CCC(c2ccc3c(c2)CCO3)C1. The van der Waals surface area contributed by atoms with Crippen LogP contribution in [0.15, 0.2) is 36.4 Å². The lowest BCUT2D eigenvalue weighted by molar-refractivity contribution is 0.0791. The molecule has 1 fully saturated rings. The molecule has 2 aliphatic rings. The lowest BCUT2D eigenvalue weighted by Crippen LogP contribution is -2.28. The van der Waals surface area contributed by atoms with E-state index in [1.54, 1.807) is 0 Å². The first-order valence-electron chi connectivity index (χ1n) is 8.55. The van der Waals surface area contributed by atoms with E-state index in [0.29, 0.717) is 11.5 Å². The second-order valence-corrected chi connectivity index (χ2v) is 7.20. The Kier molecular flexibility index (Phi) is 3.45. The first kappa shape index (κ1) is 14.8. The summed E-state index contributed by atoms with van der Waals surface area (Å²) in [6, 6.07) is 12.1. The molecule has 0 bridgehead atoms. The number of hydrogen-bond acceptors (Lipinski definition) is 5. The fraction of sp³-hybridized carbons (Fsp3) is 0.316. The summed E-state index contributed by atoms with van der Waals surface area (Å²) in [4.78, 5) is 14.8. The van der Waals surface area contributed by atoms with Crippen molar-refractivity contribution < 1.29 is 9.53 Å². The largest absolute Gasteiger partial charge is 0.493 e. The average molecular weight is 351 g/mol. The summed E-state index contributed by atoms with van der Waals surface area (Å²) in [5.41, 5.74) is 4.96. The zero-order valence-electron chi connectivity index (χ0n) is 13.6. The molecule has 3 heterocycles. The van der Waals surface area contributed by atoms with Gasteiger partial charge in [0.25, 0.3) is 5.91 Å². The molecule has 5 rings (SSSR count). The van der Waals surface area contributed by atoms with Crippen LogP contribution in [0, 0.1) is 0 Å². The predicted octanol–water partition coefficient (Wildman–Crippen LogP) is 3.26. The van der Waals surface area contributed by atoms with E-state index in [1.807, 2.05) is 23.1 Å². The molecule has 1 amide bonds. The van der Waals surface area contributed by atoms with Gasteiger partial charge in [-0.1, -0.05) is 12.1 Å². The summed E-state index contributed by atoms with van der Waals surface area (Å²) in [5.74, 6) is 1.50. The molecule has 0 saturated carbocycles. The maximum atomic E-state index is 12.8. The second-order valence-electron chi connectivity index (χ2n) is 6.67. The molecule has 1 saturated heterocycles. The van der Waals surface area contributed by atoms with Crippen LogP contribution in [0.2, 0.25) is 0 Å². The van der Waals surface area contributed by atoms with Crippen molar-refractivity contribution in [1.29, 1.82) is 0 Å². The third kappa shape index (κ3) is 2.57. The molecule has 0 spiro atoms. The molecule has 6 heteroatoms. The van der Waals surface area contributed by atoms with Crippen molar-refractivity contribution in [3.8, 4) is 5.75 Å². The van der Waals surface area contributed by atoms with Gasteiger partial charge in [-0.3, -0.25) is 4.79 Å². The zero-order valence-corrected chi connectivity index (χ0v) is 14.5. The molecule has 2 aliphatic heterocycles. The highest BCUT2D eigenvalue weighted by molar-refractivity contribution is 7.00. The van der Waals surface area contributed by atoms with Gasteiger partial charge in [0.1, 0.15) is 16.8 Å². The second kappa shape index (κ2) is 5.81. The fourth-order valence-corrected chi connectivity index (χ4v) is 4.29. The van der Waals surface area contributed by atoms with Crippen LogP contribution in [0.1, 0.15) is 33.8 Å². The lowest BCUT2D eigenvalue weighted by atomic mass is 9.96. The van der Waals surface area contributed by atoms with Crippen molar-refractivity contribution in [2.24, 2.45) is 0 Å². The Labute approximate surface area is 149 Å². The number of rotatable bonds is 2. The van der Waals surface area contributed by atoms with E-state index in [0.717, 1.165) is 49.3 Å². The maximum absolute atomic E-state index is 12.8. The zero-order chi connectivity index (χ0) is 16.8. The number of aromatic nitrogens is 2. The first-order valence-corrected chi connectivity index (χ1v) is 9.28. The summed E-state index contributed by atoms with van der Waals surface area (Å²) >= 11 is 1.18. The topological polar surface area (TPSA) is 55.3 Å². The van der Waals surface area contributed by atoms with E-state index in [1.165, 1.54) is 22.9 Å². The number of hydrogen-bond donors (Lipinski definition) is 0. The molecule has 0 aliphatic carbocycles. The minimum Gasteiger partial charge on any atom is -0.493 e. The molecule has 1 aromatic heterocycles. The minimum atomic E-state index is 0.0851. The molecular weight excluding hydrogens is 334 g/mol. The standard InChI is InChI=1S/C19H17N3O2S/c23-19(14-1-3-16-17(10-14)21-25-20-16)22-7-5-15(11-22)12-2-4-18-13(9-12)6-8-24-18/h1-4,9-10,15H,5-8,11H2. The van der Waals surface area contributed by atoms with Crippen molar-refractivity contribution >= 4 is 28.7 Å². The van der Waals surface area contributed by atoms with Crippen LogP contribution >= 0.6 is 11.7 Å². The number of benzene rings is 2. The van der Waals surface area contributed by atoms with Gasteiger partial charge in [-0.15, -0.1) is 0 Å². The highest BCUT2D eigenvalue weighted by Crippen LogP contribution is 2.33. The summed E-state index contributed by atoms with van der Waals surface area (Å²) in [7, 11) is 0. The fourth-order valence-electron chi connectivity index (χ4n) is 3.77. The van der Waals surface area contributed by atoms with Crippen molar-refractivity contribution in [1.82, 2.24) is 13.6 Å². The van der Waals surface area contributed by atoms with Gasteiger partial charge in [-0.2, -0.15) is 8.75 Å². The van der Waals surface area contributed by atoms with E-state index in [-0.39, 0.29) is 5.91 Å². The molecule has 126 valence electrons. The molecular formula is C19H17N3O2S. The molecule has 0 N–H and O–H groups in total. The third-order valence-electron chi connectivity index (χ3n) is 5.16. The van der Waals surface area contributed by atoms with Crippen LogP contribution in [-0.2, 0) is 6.42 Å². The van der Waals surface area contributed by atoms with Gasteiger partial charge >= 0.3 is 0 Å². The Balaban J connectivity index is 1.35. The quantitative estimate of drug-likeness (QED) is 0.711. The Morgan fingerprint density at radius 3 is 3.04 bits per heavy atom. The smallest absolute Gasteiger partial charge is 0.253 e. The van der Waals surface area contributed by atoms with Crippen LogP contribution in [0.25, 0.3) is 11.0 Å². The number of amides is 1. The number of carbonyl (C=O) groups is 1. The molecule has 2 aromatic carbocycles. The normalized spacial score (nSPS) is 19.2. The van der Waals surface area contributed by atoms with E-state index < -0.39 is 0 Å². The summed E-state index contributed by atoms with van der Waals surface area (Å²) in [6.07, 6.45) is 1.99. The van der Waals surface area contributed by atoms with Gasteiger partial charge in [-0.05, 0) is 41.8 Å². The van der Waals surface area contributed by atoms with Crippen molar-refractivity contribution in [2.45, 2.75) is 18.8 Å². The third-order valence-corrected chi connectivity index (χ3v) is 5.72. The number of likely N-dealkylation sites (tertiary alicyclic amines) is 1. The van der Waals surface area contributed by atoms with Crippen molar-refractivity contribution in [3.05, 3.63) is 53.1 Å². The van der Waals surface area contributed by atoms with E-state index in [9.17, 15) is 4.79 Å². The van der Waals surface area contributed by atoms with Crippen LogP contribution < -0.4 is 4.74 Å². The molecule has 1 atom stereocenters. The van der Waals surface area contributed by atoms with Gasteiger partial charge in [0, 0.05) is 31.0 Å². The molecule has 3 aromatic rings. The van der Waals surface area contributed by atoms with Gasteiger partial charge in [0.2, 0.25) is 0 Å². The monoisotopic (exact) mass is 351 g/mol. The first-order chi connectivity index (χ1) is 12.3. The average Bonchev–Trinajstić information content (AvgIpc) is 3.39. The van der Waals surface area contributed by atoms with Crippen LogP contribution in [-0.4, -0.2) is 39.3 Å². The van der Waals surface area contributed by atoms with Crippen molar-refractivity contribution in [2.75, 3.05) is 19.7 Å². The lowest BCUT2D eigenvalue weighted by Gasteiger charge is -2.17. The minimum absolute atomic E-state index is 0.0851. The molecule has 25 heavy (non-hydrogen) atoms. The van der Waals surface area contributed by atoms with Crippen LogP contribution in [0.4, 0.5) is 0 Å².